The summed E-state index contributed by atoms with van der Waals surface area (Å²) >= 11 is 0. The van der Waals surface area contributed by atoms with Gasteiger partial charge in [-0.3, -0.25) is 4.98 Å². The molecular weight excluding hydrogens is 406 g/mol. The van der Waals surface area contributed by atoms with Crippen LogP contribution in [0.5, 0.6) is 0 Å². The minimum absolute atomic E-state index is 0.0774. The molecule has 10 heteroatoms. The molecule has 0 bridgehead atoms. The van der Waals surface area contributed by atoms with Crippen LogP contribution in [0, 0.1) is 0 Å². The van der Waals surface area contributed by atoms with Gasteiger partial charge in [-0.05, 0) is 24.5 Å². The van der Waals surface area contributed by atoms with Crippen LogP contribution in [0.3, 0.4) is 0 Å². The van der Waals surface area contributed by atoms with Crippen LogP contribution in [-0.4, -0.2) is 71.5 Å². The molecule has 1 saturated carbocycles. The average Bonchev–Trinajstić information content (AvgIpc) is 3.55. The highest BCUT2D eigenvalue weighted by Crippen LogP contribution is 2.41. The minimum atomic E-state index is -3.58. The number of hydrogen-bond donors (Lipinski definition) is 0. The van der Waals surface area contributed by atoms with Gasteiger partial charge in [0.25, 0.3) is 10.2 Å². The lowest BCUT2D eigenvalue weighted by atomic mass is 9.90. The lowest BCUT2D eigenvalue weighted by molar-refractivity contribution is 0.0705. The Morgan fingerprint density at radius 3 is 2.53 bits per heavy atom. The molecule has 1 aliphatic carbocycles. The van der Waals surface area contributed by atoms with Gasteiger partial charge in [0.05, 0.1) is 19.1 Å². The lowest BCUT2D eigenvalue weighted by Crippen LogP contribution is -2.47. The van der Waals surface area contributed by atoms with Crippen LogP contribution >= 0.6 is 0 Å². The molecule has 3 fully saturated rings. The van der Waals surface area contributed by atoms with E-state index in [2.05, 4.69) is 10.1 Å². The summed E-state index contributed by atoms with van der Waals surface area (Å²) in [6.45, 7) is 2.32. The van der Waals surface area contributed by atoms with E-state index in [-0.39, 0.29) is 11.8 Å². The van der Waals surface area contributed by atoms with Crippen molar-refractivity contribution >= 4 is 10.2 Å². The number of pyridine rings is 1. The molecule has 162 valence electrons. The second-order valence-corrected chi connectivity index (χ2v) is 10.2. The fourth-order valence-corrected chi connectivity index (χ4v) is 6.46. The number of rotatable bonds is 5. The maximum absolute atomic E-state index is 13.3. The van der Waals surface area contributed by atoms with E-state index in [0.29, 0.717) is 51.2 Å². The fourth-order valence-electron chi connectivity index (χ4n) is 4.83. The molecule has 0 N–H and O–H groups in total. The van der Waals surface area contributed by atoms with Gasteiger partial charge >= 0.3 is 0 Å². The van der Waals surface area contributed by atoms with Gasteiger partial charge in [-0.15, -0.1) is 0 Å². The zero-order valence-corrected chi connectivity index (χ0v) is 17.7. The van der Waals surface area contributed by atoms with Crippen LogP contribution < -0.4 is 0 Å². The first kappa shape index (κ1) is 20.0. The van der Waals surface area contributed by atoms with Gasteiger partial charge in [-0.1, -0.05) is 24.1 Å². The normalized spacial score (nSPS) is 27.1. The Kier molecular flexibility index (Phi) is 5.57. The summed E-state index contributed by atoms with van der Waals surface area (Å²) in [5, 5.41) is 4.25. The van der Waals surface area contributed by atoms with Gasteiger partial charge in [0, 0.05) is 50.4 Å². The maximum Gasteiger partial charge on any atom is 0.282 e. The second kappa shape index (κ2) is 8.33. The van der Waals surface area contributed by atoms with E-state index >= 15 is 0 Å². The molecule has 9 nitrogen and oxygen atoms in total. The van der Waals surface area contributed by atoms with Gasteiger partial charge in [0.1, 0.15) is 0 Å². The van der Waals surface area contributed by atoms with E-state index < -0.39 is 10.2 Å². The molecule has 0 aromatic carbocycles. The molecule has 30 heavy (non-hydrogen) atoms. The minimum Gasteiger partial charge on any atom is -0.379 e. The summed E-state index contributed by atoms with van der Waals surface area (Å²) in [6, 6.07) is 3.87. The van der Waals surface area contributed by atoms with Crippen molar-refractivity contribution in [2.24, 2.45) is 0 Å². The van der Waals surface area contributed by atoms with Gasteiger partial charge in [0.2, 0.25) is 5.89 Å². The summed E-state index contributed by atoms with van der Waals surface area (Å²) in [5.74, 6) is 1.39. The first-order valence-electron chi connectivity index (χ1n) is 10.7. The van der Waals surface area contributed by atoms with Crippen molar-refractivity contribution in [1.29, 1.82) is 0 Å². The SMILES string of the molecule is O=S(=O)(N1CCOCC1)N1C[C@@H](c2cccnc2)[C@H](c2nc(C3CCCC3)no2)C1. The number of hydrogen-bond acceptors (Lipinski definition) is 7. The molecule has 4 heterocycles. The molecule has 2 atom stereocenters. The molecule has 2 aliphatic heterocycles. The molecule has 0 unspecified atom stereocenters. The largest absolute Gasteiger partial charge is 0.379 e. The fraction of sp³-hybridized carbons (Fsp3) is 0.650. The van der Waals surface area contributed by atoms with Crippen molar-refractivity contribution in [2.75, 3.05) is 39.4 Å². The summed E-state index contributed by atoms with van der Waals surface area (Å²) in [6.07, 6.45) is 8.10. The lowest BCUT2D eigenvalue weighted by Gasteiger charge is -2.30. The van der Waals surface area contributed by atoms with Crippen LogP contribution in [0.15, 0.2) is 29.0 Å². The monoisotopic (exact) mass is 433 g/mol. The average molecular weight is 434 g/mol. The molecule has 5 rings (SSSR count). The van der Waals surface area contributed by atoms with Crippen molar-refractivity contribution in [3.05, 3.63) is 41.8 Å². The number of morpholine rings is 1. The molecule has 2 aromatic rings. The highest BCUT2D eigenvalue weighted by Gasteiger charge is 2.45. The van der Waals surface area contributed by atoms with E-state index in [9.17, 15) is 8.42 Å². The molecule has 0 amide bonds. The van der Waals surface area contributed by atoms with Crippen molar-refractivity contribution in [3.8, 4) is 0 Å². The topological polar surface area (TPSA) is 102 Å². The number of nitrogens with zero attached hydrogens (tertiary/aromatic N) is 5. The highest BCUT2D eigenvalue weighted by molar-refractivity contribution is 7.86. The Morgan fingerprint density at radius 1 is 1.03 bits per heavy atom. The van der Waals surface area contributed by atoms with Crippen molar-refractivity contribution in [3.63, 3.8) is 0 Å². The van der Waals surface area contributed by atoms with E-state index in [4.69, 9.17) is 14.2 Å². The predicted octanol–water partition coefficient (Wildman–Crippen LogP) is 1.88. The molecule has 0 radical (unpaired) electrons. The Labute approximate surface area is 176 Å². The molecule has 2 saturated heterocycles. The Bertz CT molecular complexity index is 955. The summed E-state index contributed by atoms with van der Waals surface area (Å²) in [4.78, 5) is 8.97. The van der Waals surface area contributed by atoms with Crippen LogP contribution in [0.25, 0.3) is 0 Å². The van der Waals surface area contributed by atoms with Crippen molar-refractivity contribution in [1.82, 2.24) is 23.7 Å². The Morgan fingerprint density at radius 2 is 1.80 bits per heavy atom. The third-order valence-corrected chi connectivity index (χ3v) is 8.48. The maximum atomic E-state index is 13.3. The third kappa shape index (κ3) is 3.77. The van der Waals surface area contributed by atoms with Crippen LogP contribution in [0.4, 0.5) is 0 Å². The van der Waals surface area contributed by atoms with E-state index in [1.165, 1.54) is 17.1 Å². The standard InChI is InChI=1S/C20H27N5O4S/c26-30(27,24-8-10-28-11-9-24)25-13-17(16-6-3-7-21-12-16)18(14-25)20-22-19(23-29-20)15-4-1-2-5-15/h3,6-7,12,15,17-18H,1-2,4-5,8-11,13-14H2/t17-,18+/m0/s1. The Hall–Kier alpha value is -1.88. The first-order chi connectivity index (χ1) is 14.6. The highest BCUT2D eigenvalue weighted by atomic mass is 32.2. The molecule has 3 aliphatic rings. The van der Waals surface area contributed by atoms with Crippen LogP contribution in [0.1, 0.15) is 60.7 Å². The van der Waals surface area contributed by atoms with E-state index in [1.807, 2.05) is 12.1 Å². The predicted molar refractivity (Wildman–Crippen MR) is 108 cm³/mol. The summed E-state index contributed by atoms with van der Waals surface area (Å²) in [7, 11) is -3.58. The van der Waals surface area contributed by atoms with E-state index in [0.717, 1.165) is 24.2 Å². The van der Waals surface area contributed by atoms with Crippen molar-refractivity contribution in [2.45, 2.75) is 43.4 Å². The van der Waals surface area contributed by atoms with Crippen LogP contribution in [-0.2, 0) is 14.9 Å². The van der Waals surface area contributed by atoms with Gasteiger partial charge in [0.15, 0.2) is 5.82 Å². The molecular formula is C20H27N5O4S. The van der Waals surface area contributed by atoms with Gasteiger partial charge in [-0.2, -0.15) is 22.0 Å². The number of aromatic nitrogens is 3. The van der Waals surface area contributed by atoms with Gasteiger partial charge < -0.3 is 9.26 Å². The van der Waals surface area contributed by atoms with E-state index in [1.54, 1.807) is 16.7 Å². The Balaban J connectivity index is 1.43. The second-order valence-electron chi connectivity index (χ2n) is 8.31. The number of ether oxygens (including phenoxy) is 1. The summed E-state index contributed by atoms with van der Waals surface area (Å²) in [5.41, 5.74) is 0.989. The molecule has 0 spiro atoms. The zero-order chi connectivity index (χ0) is 20.6. The first-order valence-corrected chi connectivity index (χ1v) is 12.1. The smallest absolute Gasteiger partial charge is 0.282 e. The molecule has 2 aromatic heterocycles. The van der Waals surface area contributed by atoms with Crippen molar-refractivity contribution < 1.29 is 17.7 Å². The summed E-state index contributed by atoms with van der Waals surface area (Å²) < 4.78 is 40.6. The quantitative estimate of drug-likeness (QED) is 0.709. The third-order valence-electron chi connectivity index (χ3n) is 6.52. The van der Waals surface area contributed by atoms with Gasteiger partial charge in [-0.25, -0.2) is 0 Å². The zero-order valence-electron chi connectivity index (χ0n) is 16.9. The van der Waals surface area contributed by atoms with Crippen LogP contribution in [0.2, 0.25) is 0 Å².